The van der Waals surface area contributed by atoms with Crippen LogP contribution in [0.15, 0.2) is 54.6 Å². The van der Waals surface area contributed by atoms with Crippen molar-refractivity contribution in [2.45, 2.75) is 24.7 Å². The summed E-state index contributed by atoms with van der Waals surface area (Å²) in [7, 11) is 0. The molecule has 1 aliphatic heterocycles. The summed E-state index contributed by atoms with van der Waals surface area (Å²) in [5, 5.41) is 9.81. The maximum absolute atomic E-state index is 13.2. The lowest BCUT2D eigenvalue weighted by molar-refractivity contribution is -0.125. The van der Waals surface area contributed by atoms with E-state index in [0.29, 0.717) is 38.3 Å². The number of hydrogen-bond acceptors (Lipinski definition) is 4. The minimum atomic E-state index is -0.655. The number of halogens is 1. The number of hydrogen-bond donors (Lipinski definition) is 2. The lowest BCUT2D eigenvalue weighted by Crippen LogP contribution is -2.45. The number of aromatic amines is 1. The second-order valence-electron chi connectivity index (χ2n) is 6.92. The number of rotatable bonds is 5. The van der Waals surface area contributed by atoms with Gasteiger partial charge in [-0.25, -0.2) is 4.39 Å². The molecule has 1 fully saturated rings. The molecule has 0 bridgehead atoms. The van der Waals surface area contributed by atoms with Crippen molar-refractivity contribution in [1.29, 1.82) is 0 Å². The summed E-state index contributed by atoms with van der Waals surface area (Å²) in [5.74, 6) is 0.429. The number of carbonyl (C=O) groups excluding carboxylic acids is 1. The summed E-state index contributed by atoms with van der Waals surface area (Å²) in [6.07, 6.45) is 1.69. The molecule has 1 aliphatic rings. The Morgan fingerprint density at radius 1 is 1.11 bits per heavy atom. The van der Waals surface area contributed by atoms with E-state index >= 15 is 0 Å². The predicted octanol–water partition coefficient (Wildman–Crippen LogP) is 3.22. The van der Waals surface area contributed by atoms with E-state index in [9.17, 15) is 9.18 Å². The Hall–Kier alpha value is -3.06. The second-order valence-corrected chi connectivity index (χ2v) is 6.92. The van der Waals surface area contributed by atoms with Crippen LogP contribution < -0.4 is 5.32 Å². The number of carbonyl (C=O) groups is 1. The topological polar surface area (TPSA) is 79.9 Å². The van der Waals surface area contributed by atoms with Crippen molar-refractivity contribution < 1.29 is 13.9 Å². The van der Waals surface area contributed by atoms with Gasteiger partial charge in [0.05, 0.1) is 5.41 Å². The van der Waals surface area contributed by atoms with Crippen LogP contribution in [0.1, 0.15) is 29.8 Å². The third kappa shape index (κ3) is 3.80. The Morgan fingerprint density at radius 2 is 1.82 bits per heavy atom. The highest BCUT2D eigenvalue weighted by Gasteiger charge is 2.42. The quantitative estimate of drug-likeness (QED) is 0.712. The highest BCUT2D eigenvalue weighted by molar-refractivity contribution is 5.98. The average molecular weight is 380 g/mol. The molecule has 1 amide bonds. The maximum Gasteiger partial charge on any atom is 0.248 e. The first-order chi connectivity index (χ1) is 13.7. The Balaban J connectivity index is 1.50. The van der Waals surface area contributed by atoms with Crippen LogP contribution in [0, 0.1) is 5.82 Å². The number of anilines is 1. The van der Waals surface area contributed by atoms with Gasteiger partial charge in [-0.1, -0.05) is 42.5 Å². The van der Waals surface area contributed by atoms with Gasteiger partial charge in [0, 0.05) is 19.6 Å². The fourth-order valence-corrected chi connectivity index (χ4v) is 3.57. The summed E-state index contributed by atoms with van der Waals surface area (Å²) in [6, 6.07) is 16.0. The molecule has 1 saturated heterocycles. The first-order valence-corrected chi connectivity index (χ1v) is 9.26. The number of nitrogens with zero attached hydrogens (tertiary/aromatic N) is 2. The van der Waals surface area contributed by atoms with Crippen LogP contribution in [-0.4, -0.2) is 34.3 Å². The lowest BCUT2D eigenvalue weighted by atomic mass is 9.73. The number of H-pyrrole nitrogens is 1. The van der Waals surface area contributed by atoms with Gasteiger partial charge in [0.15, 0.2) is 0 Å². The minimum Gasteiger partial charge on any atom is -0.381 e. The Morgan fingerprint density at radius 3 is 2.54 bits per heavy atom. The van der Waals surface area contributed by atoms with Crippen molar-refractivity contribution in [3.63, 3.8) is 0 Å². The molecule has 144 valence electrons. The maximum atomic E-state index is 13.2. The molecule has 28 heavy (non-hydrogen) atoms. The zero-order valence-corrected chi connectivity index (χ0v) is 15.3. The molecule has 0 radical (unpaired) electrons. The van der Waals surface area contributed by atoms with Crippen molar-refractivity contribution in [2.24, 2.45) is 0 Å². The Bertz CT molecular complexity index is 935. The number of benzene rings is 2. The molecule has 0 aliphatic carbocycles. The van der Waals surface area contributed by atoms with Gasteiger partial charge in [-0.2, -0.15) is 4.98 Å². The van der Waals surface area contributed by atoms with E-state index in [1.54, 1.807) is 12.1 Å². The number of amides is 1. The van der Waals surface area contributed by atoms with E-state index in [4.69, 9.17) is 4.74 Å². The highest BCUT2D eigenvalue weighted by Crippen LogP contribution is 2.35. The van der Waals surface area contributed by atoms with Crippen LogP contribution in [0.5, 0.6) is 0 Å². The zero-order chi connectivity index (χ0) is 19.4. The monoisotopic (exact) mass is 380 g/mol. The van der Waals surface area contributed by atoms with Gasteiger partial charge in [-0.3, -0.25) is 15.2 Å². The van der Waals surface area contributed by atoms with E-state index in [1.807, 2.05) is 30.3 Å². The molecule has 4 rings (SSSR count). The van der Waals surface area contributed by atoms with E-state index in [0.717, 1.165) is 11.1 Å². The molecule has 0 unspecified atom stereocenters. The molecule has 6 nitrogen and oxygen atoms in total. The highest BCUT2D eigenvalue weighted by atomic mass is 19.1. The smallest absolute Gasteiger partial charge is 0.248 e. The van der Waals surface area contributed by atoms with Gasteiger partial charge in [0.25, 0.3) is 0 Å². The molecule has 2 aromatic carbocycles. The first kappa shape index (κ1) is 18.3. The zero-order valence-electron chi connectivity index (χ0n) is 15.3. The minimum absolute atomic E-state index is 0.130. The molecule has 3 aromatic rings. The summed E-state index contributed by atoms with van der Waals surface area (Å²) < 4.78 is 18.5. The van der Waals surface area contributed by atoms with Crippen molar-refractivity contribution in [2.75, 3.05) is 18.5 Å². The van der Waals surface area contributed by atoms with Crippen molar-refractivity contribution in [3.8, 4) is 0 Å². The Kier molecular flexibility index (Phi) is 5.16. The molecule has 7 heteroatoms. The van der Waals surface area contributed by atoms with Gasteiger partial charge in [-0.05, 0) is 36.1 Å². The van der Waals surface area contributed by atoms with Gasteiger partial charge < -0.3 is 4.74 Å². The van der Waals surface area contributed by atoms with Crippen LogP contribution >= 0.6 is 0 Å². The molecule has 0 saturated carbocycles. The van der Waals surface area contributed by atoms with Gasteiger partial charge in [0.1, 0.15) is 11.6 Å². The molecule has 1 aromatic heterocycles. The number of nitrogens with one attached hydrogen (secondary N) is 2. The van der Waals surface area contributed by atoms with Crippen LogP contribution in [0.3, 0.4) is 0 Å². The van der Waals surface area contributed by atoms with Crippen molar-refractivity contribution >= 4 is 11.9 Å². The lowest BCUT2D eigenvalue weighted by Gasteiger charge is -2.35. The standard InChI is InChI=1S/C21H21FN4O2/c22-17-8-6-15(7-9-17)14-18-23-20(26-25-18)24-19(27)21(10-12-28-13-11-21)16-4-2-1-3-5-16/h1-9H,10-14H2,(H2,23,24,25,26,27). The van der Waals surface area contributed by atoms with Crippen LogP contribution in [0.4, 0.5) is 10.3 Å². The summed E-state index contributed by atoms with van der Waals surface area (Å²) in [6.45, 7) is 1.07. The van der Waals surface area contributed by atoms with E-state index in [-0.39, 0.29) is 17.7 Å². The van der Waals surface area contributed by atoms with Gasteiger partial charge in [0.2, 0.25) is 11.9 Å². The third-order valence-electron chi connectivity index (χ3n) is 5.15. The number of ether oxygens (including phenoxy) is 1. The second kappa shape index (κ2) is 7.90. The van der Waals surface area contributed by atoms with Crippen molar-refractivity contribution in [1.82, 2.24) is 15.2 Å². The molecule has 2 heterocycles. The fraction of sp³-hybridized carbons (Fsp3) is 0.286. The van der Waals surface area contributed by atoms with E-state index in [1.165, 1.54) is 12.1 Å². The van der Waals surface area contributed by atoms with Crippen LogP contribution in [0.2, 0.25) is 0 Å². The average Bonchev–Trinajstić information content (AvgIpc) is 3.17. The Labute approximate surface area is 162 Å². The predicted molar refractivity (Wildman–Crippen MR) is 102 cm³/mol. The summed E-state index contributed by atoms with van der Waals surface area (Å²) >= 11 is 0. The SMILES string of the molecule is O=C(Nc1n[nH]c(Cc2ccc(F)cc2)n1)C1(c2ccccc2)CCOCC1. The first-order valence-electron chi connectivity index (χ1n) is 9.26. The normalized spacial score (nSPS) is 15.9. The largest absolute Gasteiger partial charge is 0.381 e. The summed E-state index contributed by atoms with van der Waals surface area (Å²) in [5.41, 5.74) is 1.22. The third-order valence-corrected chi connectivity index (χ3v) is 5.15. The van der Waals surface area contributed by atoms with E-state index in [2.05, 4.69) is 20.5 Å². The van der Waals surface area contributed by atoms with Crippen LogP contribution in [-0.2, 0) is 21.4 Å². The molecular formula is C21H21FN4O2. The molecule has 0 spiro atoms. The molecule has 2 N–H and O–H groups in total. The fourth-order valence-electron chi connectivity index (χ4n) is 3.57. The van der Waals surface area contributed by atoms with Gasteiger partial charge in [-0.15, -0.1) is 5.10 Å². The van der Waals surface area contributed by atoms with Crippen molar-refractivity contribution in [3.05, 3.63) is 77.4 Å². The summed E-state index contributed by atoms with van der Waals surface area (Å²) in [4.78, 5) is 17.6. The van der Waals surface area contributed by atoms with Crippen LogP contribution in [0.25, 0.3) is 0 Å². The molecular weight excluding hydrogens is 359 g/mol. The molecule has 0 atom stereocenters. The number of aromatic nitrogens is 3. The van der Waals surface area contributed by atoms with Gasteiger partial charge >= 0.3 is 0 Å². The van der Waals surface area contributed by atoms with E-state index < -0.39 is 5.41 Å².